The third kappa shape index (κ3) is 3.16. The fraction of sp³-hybridized carbons (Fsp3) is 0.643. The van der Waals surface area contributed by atoms with Crippen molar-refractivity contribution in [3.8, 4) is 0 Å². The molecular weight excluding hydrogens is 260 g/mol. The van der Waals surface area contributed by atoms with Gasteiger partial charge in [-0.3, -0.25) is 4.79 Å². The Kier molecular flexibility index (Phi) is 3.60. The van der Waals surface area contributed by atoms with E-state index in [2.05, 4.69) is 29.1 Å². The third-order valence-corrected chi connectivity index (χ3v) is 4.52. The van der Waals surface area contributed by atoms with E-state index < -0.39 is 0 Å². The molecule has 0 atom stereocenters. The van der Waals surface area contributed by atoms with E-state index in [1.807, 2.05) is 4.90 Å². The van der Waals surface area contributed by atoms with Gasteiger partial charge in [-0.1, -0.05) is 0 Å². The Morgan fingerprint density at radius 3 is 2.89 bits per heavy atom. The summed E-state index contributed by atoms with van der Waals surface area (Å²) in [4.78, 5) is 14.3. The predicted molar refractivity (Wildman–Crippen MR) is 75.1 cm³/mol. The van der Waals surface area contributed by atoms with Crippen LogP contribution in [0.1, 0.15) is 25.3 Å². The highest BCUT2D eigenvalue weighted by molar-refractivity contribution is 7.07. The van der Waals surface area contributed by atoms with Crippen LogP contribution in [0.4, 0.5) is 0 Å². The van der Waals surface area contributed by atoms with Crippen molar-refractivity contribution in [3.63, 3.8) is 0 Å². The van der Waals surface area contributed by atoms with Gasteiger partial charge in [-0.05, 0) is 42.2 Å². The van der Waals surface area contributed by atoms with Gasteiger partial charge in [0.05, 0.1) is 5.60 Å². The third-order valence-electron chi connectivity index (χ3n) is 3.78. The van der Waals surface area contributed by atoms with Crippen LogP contribution >= 0.6 is 11.3 Å². The van der Waals surface area contributed by atoms with Crippen LogP contribution in [0.5, 0.6) is 0 Å². The Morgan fingerprint density at radius 2 is 2.37 bits per heavy atom. The van der Waals surface area contributed by atoms with Crippen molar-refractivity contribution < 1.29 is 9.53 Å². The molecule has 1 amide bonds. The monoisotopic (exact) mass is 280 g/mol. The molecule has 3 rings (SSSR count). The van der Waals surface area contributed by atoms with Crippen LogP contribution in [0.3, 0.4) is 0 Å². The number of hydrogen-bond donors (Lipinski definition) is 1. The molecule has 104 valence electrons. The van der Waals surface area contributed by atoms with E-state index >= 15 is 0 Å². The number of nitrogens with zero attached hydrogens (tertiary/aromatic N) is 1. The lowest BCUT2D eigenvalue weighted by molar-refractivity contribution is -0.147. The van der Waals surface area contributed by atoms with Crippen molar-refractivity contribution in [1.29, 1.82) is 0 Å². The molecule has 0 radical (unpaired) electrons. The van der Waals surface area contributed by atoms with Crippen molar-refractivity contribution in [2.24, 2.45) is 0 Å². The van der Waals surface area contributed by atoms with E-state index in [0.717, 1.165) is 32.5 Å². The highest BCUT2D eigenvalue weighted by atomic mass is 32.1. The summed E-state index contributed by atoms with van der Waals surface area (Å²) < 4.78 is 5.75. The first-order valence-corrected chi connectivity index (χ1v) is 7.76. The summed E-state index contributed by atoms with van der Waals surface area (Å²) >= 11 is 1.68. The Morgan fingerprint density at radius 1 is 1.58 bits per heavy atom. The highest BCUT2D eigenvalue weighted by Gasteiger charge is 2.36. The van der Waals surface area contributed by atoms with Gasteiger partial charge in [0.2, 0.25) is 5.91 Å². The van der Waals surface area contributed by atoms with Gasteiger partial charge < -0.3 is 15.0 Å². The second kappa shape index (κ2) is 5.23. The summed E-state index contributed by atoms with van der Waals surface area (Å²) in [5.41, 5.74) is 1.08. The van der Waals surface area contributed by atoms with Crippen molar-refractivity contribution in [1.82, 2.24) is 10.2 Å². The molecule has 2 fully saturated rings. The molecule has 0 aromatic carbocycles. The maximum Gasteiger partial charge on any atom is 0.249 e. The first-order valence-electron chi connectivity index (χ1n) is 6.81. The van der Waals surface area contributed by atoms with E-state index in [1.54, 1.807) is 11.3 Å². The average Bonchev–Trinajstić information content (AvgIpc) is 3.08. The number of ether oxygens (including phenoxy) is 1. The minimum absolute atomic E-state index is 0.127. The summed E-state index contributed by atoms with van der Waals surface area (Å²) in [6.45, 7) is 4.67. The summed E-state index contributed by atoms with van der Waals surface area (Å²) in [5, 5.41) is 7.35. The normalized spacial score (nSPS) is 20.9. The summed E-state index contributed by atoms with van der Waals surface area (Å²) in [6, 6.07) is 2.52. The van der Waals surface area contributed by atoms with Crippen LogP contribution in [-0.2, 0) is 16.1 Å². The van der Waals surface area contributed by atoms with Gasteiger partial charge in [-0.15, -0.1) is 0 Å². The molecule has 0 spiro atoms. The van der Waals surface area contributed by atoms with Gasteiger partial charge in [0.25, 0.3) is 0 Å². The van der Waals surface area contributed by atoms with Gasteiger partial charge in [0.15, 0.2) is 0 Å². The van der Waals surface area contributed by atoms with Crippen LogP contribution in [0, 0.1) is 0 Å². The van der Waals surface area contributed by atoms with Crippen LogP contribution in [0.2, 0.25) is 0 Å². The summed E-state index contributed by atoms with van der Waals surface area (Å²) in [5.74, 6) is 0.127. The zero-order valence-electron chi connectivity index (χ0n) is 11.2. The molecule has 1 aromatic rings. The SMILES string of the molecule is CC1(OCC(=O)N(Cc2ccsc2)C2CC2)CNC1. The number of thiophene rings is 1. The van der Waals surface area contributed by atoms with Crippen molar-refractivity contribution in [2.75, 3.05) is 19.7 Å². The molecule has 1 aromatic heterocycles. The van der Waals surface area contributed by atoms with Gasteiger partial charge in [0.1, 0.15) is 6.61 Å². The second-order valence-electron chi connectivity index (χ2n) is 5.73. The predicted octanol–water partition coefficient (Wildman–Crippen LogP) is 1.62. The molecule has 1 saturated heterocycles. The van der Waals surface area contributed by atoms with Crippen molar-refractivity contribution >= 4 is 17.2 Å². The number of hydrogen-bond acceptors (Lipinski definition) is 4. The topological polar surface area (TPSA) is 41.6 Å². The highest BCUT2D eigenvalue weighted by Crippen LogP contribution is 2.29. The summed E-state index contributed by atoms with van der Waals surface area (Å²) in [7, 11) is 0. The molecule has 1 N–H and O–H groups in total. The fourth-order valence-corrected chi connectivity index (χ4v) is 2.94. The molecule has 5 heteroatoms. The van der Waals surface area contributed by atoms with Crippen molar-refractivity contribution in [2.45, 2.75) is 38.0 Å². The van der Waals surface area contributed by atoms with Gasteiger partial charge in [-0.25, -0.2) is 0 Å². The van der Waals surface area contributed by atoms with E-state index in [9.17, 15) is 4.79 Å². The van der Waals surface area contributed by atoms with Crippen molar-refractivity contribution in [3.05, 3.63) is 22.4 Å². The standard InChI is InChI=1S/C14H20N2O2S/c1-14(9-15-10-14)18-7-13(17)16(12-2-3-12)6-11-4-5-19-8-11/h4-5,8,12,15H,2-3,6-7,9-10H2,1H3. The molecule has 4 nitrogen and oxygen atoms in total. The number of amides is 1. The maximum atomic E-state index is 12.3. The fourth-order valence-electron chi connectivity index (χ4n) is 2.28. The zero-order valence-corrected chi connectivity index (χ0v) is 12.0. The molecule has 1 aliphatic heterocycles. The Hall–Kier alpha value is -0.910. The number of nitrogens with one attached hydrogen (secondary N) is 1. The maximum absolute atomic E-state index is 12.3. The lowest BCUT2D eigenvalue weighted by atomic mass is 10.0. The van der Waals surface area contributed by atoms with E-state index in [0.29, 0.717) is 6.04 Å². The number of carbonyl (C=O) groups is 1. The van der Waals surface area contributed by atoms with Crippen LogP contribution < -0.4 is 5.32 Å². The van der Waals surface area contributed by atoms with Gasteiger partial charge in [0, 0.05) is 25.7 Å². The largest absolute Gasteiger partial charge is 0.363 e. The molecule has 1 aliphatic carbocycles. The first kappa shape index (κ1) is 13.1. The molecule has 19 heavy (non-hydrogen) atoms. The molecular formula is C14H20N2O2S. The smallest absolute Gasteiger partial charge is 0.249 e. The van der Waals surface area contributed by atoms with Crippen LogP contribution in [0.25, 0.3) is 0 Å². The number of carbonyl (C=O) groups excluding carboxylic acids is 1. The van der Waals surface area contributed by atoms with Gasteiger partial charge >= 0.3 is 0 Å². The lowest BCUT2D eigenvalue weighted by Gasteiger charge is -2.39. The quantitative estimate of drug-likeness (QED) is 0.861. The molecule has 0 bridgehead atoms. The second-order valence-corrected chi connectivity index (χ2v) is 6.51. The Bertz CT molecular complexity index is 438. The first-order chi connectivity index (χ1) is 9.16. The van der Waals surface area contributed by atoms with E-state index in [4.69, 9.17) is 4.74 Å². The van der Waals surface area contributed by atoms with Crippen LogP contribution in [-0.4, -0.2) is 42.1 Å². The van der Waals surface area contributed by atoms with E-state index in [-0.39, 0.29) is 18.1 Å². The molecule has 0 unspecified atom stereocenters. The Labute approximate surface area is 117 Å². The average molecular weight is 280 g/mol. The zero-order chi connectivity index (χ0) is 13.3. The minimum Gasteiger partial charge on any atom is -0.363 e. The molecule has 2 aliphatic rings. The van der Waals surface area contributed by atoms with E-state index in [1.165, 1.54) is 5.56 Å². The van der Waals surface area contributed by atoms with Crippen LogP contribution in [0.15, 0.2) is 16.8 Å². The number of rotatable bonds is 6. The van der Waals surface area contributed by atoms with Gasteiger partial charge in [-0.2, -0.15) is 11.3 Å². The lowest BCUT2D eigenvalue weighted by Crippen LogP contribution is -2.59. The molecule has 1 saturated carbocycles. The summed E-state index contributed by atoms with van der Waals surface area (Å²) in [6.07, 6.45) is 2.27. The Balaban J connectivity index is 1.55. The molecule has 2 heterocycles. The minimum atomic E-state index is -0.146.